The Bertz CT molecular complexity index is 561. The molecular formula is C16H25N5O2. The first-order valence-corrected chi connectivity index (χ1v) is 8.50. The first-order valence-electron chi connectivity index (χ1n) is 8.50. The molecule has 0 aromatic carbocycles. The lowest BCUT2D eigenvalue weighted by Gasteiger charge is -2.27. The summed E-state index contributed by atoms with van der Waals surface area (Å²) in [5.74, 6) is 0.446. The normalized spacial score (nSPS) is 25.3. The summed E-state index contributed by atoms with van der Waals surface area (Å²) in [6, 6.07) is 0.513. The highest BCUT2D eigenvalue weighted by atomic mass is 16.3. The van der Waals surface area contributed by atoms with Gasteiger partial charge >= 0.3 is 0 Å². The third-order valence-corrected chi connectivity index (χ3v) is 4.73. The van der Waals surface area contributed by atoms with E-state index < -0.39 is 5.91 Å². The van der Waals surface area contributed by atoms with Gasteiger partial charge in [0.05, 0.1) is 11.7 Å². The largest absolute Gasteiger partial charge is 0.393 e. The third-order valence-electron chi connectivity index (χ3n) is 4.73. The Hall–Kier alpha value is -1.89. The van der Waals surface area contributed by atoms with Crippen molar-refractivity contribution in [2.75, 3.05) is 10.6 Å². The van der Waals surface area contributed by atoms with Gasteiger partial charge in [-0.25, -0.2) is 4.98 Å². The Kier molecular flexibility index (Phi) is 4.95. The molecule has 2 fully saturated rings. The number of primary amides is 1. The van der Waals surface area contributed by atoms with Gasteiger partial charge < -0.3 is 21.5 Å². The minimum absolute atomic E-state index is 0.0945. The van der Waals surface area contributed by atoms with Gasteiger partial charge in [0, 0.05) is 18.3 Å². The van der Waals surface area contributed by atoms with Gasteiger partial charge in [-0.05, 0) is 38.5 Å². The number of hydrogen-bond donors (Lipinski definition) is 4. The summed E-state index contributed by atoms with van der Waals surface area (Å²) in [4.78, 5) is 20.3. The molecule has 0 bridgehead atoms. The molecule has 2 aliphatic carbocycles. The molecule has 126 valence electrons. The number of nitrogens with zero attached hydrogens (tertiary/aromatic N) is 2. The van der Waals surface area contributed by atoms with Crippen LogP contribution in [0.25, 0.3) is 0 Å². The monoisotopic (exact) mass is 319 g/mol. The lowest BCUT2D eigenvalue weighted by Crippen LogP contribution is -2.29. The van der Waals surface area contributed by atoms with E-state index in [1.807, 2.05) is 0 Å². The lowest BCUT2D eigenvalue weighted by molar-refractivity contribution is 0.100. The number of carbonyl (C=O) groups is 1. The second-order valence-electron chi connectivity index (χ2n) is 6.61. The number of anilines is 2. The zero-order chi connectivity index (χ0) is 16.2. The predicted molar refractivity (Wildman–Crippen MR) is 88.3 cm³/mol. The topological polar surface area (TPSA) is 113 Å². The molecule has 1 aromatic heterocycles. The second kappa shape index (κ2) is 7.12. The van der Waals surface area contributed by atoms with Gasteiger partial charge in [-0.15, -0.1) is 0 Å². The molecule has 2 saturated carbocycles. The predicted octanol–water partition coefficient (Wildman–Crippen LogP) is 1.65. The number of nitrogens with one attached hydrogen (secondary N) is 2. The summed E-state index contributed by atoms with van der Waals surface area (Å²) in [6.45, 7) is 0. The number of nitrogens with two attached hydrogens (primary N) is 1. The van der Waals surface area contributed by atoms with Crippen LogP contribution in [0.2, 0.25) is 0 Å². The van der Waals surface area contributed by atoms with Gasteiger partial charge in [-0.3, -0.25) is 4.79 Å². The molecule has 1 aromatic rings. The molecule has 1 heterocycles. The van der Waals surface area contributed by atoms with Crippen LogP contribution in [0.1, 0.15) is 61.7 Å². The van der Waals surface area contributed by atoms with E-state index in [1.165, 1.54) is 12.6 Å². The van der Waals surface area contributed by atoms with Gasteiger partial charge in [-0.2, -0.15) is 4.98 Å². The average molecular weight is 319 g/mol. The van der Waals surface area contributed by atoms with Gasteiger partial charge in [0.15, 0.2) is 0 Å². The Labute approximate surface area is 136 Å². The number of amides is 1. The van der Waals surface area contributed by atoms with E-state index in [-0.39, 0.29) is 12.1 Å². The molecule has 7 heteroatoms. The van der Waals surface area contributed by atoms with Gasteiger partial charge in [0.25, 0.3) is 5.91 Å². The van der Waals surface area contributed by atoms with Crippen LogP contribution >= 0.6 is 0 Å². The van der Waals surface area contributed by atoms with Crippen molar-refractivity contribution in [2.45, 2.75) is 69.6 Å². The average Bonchev–Trinajstić information content (AvgIpc) is 2.67. The van der Waals surface area contributed by atoms with E-state index in [0.29, 0.717) is 29.8 Å². The molecule has 2 atom stereocenters. The number of rotatable bonds is 5. The number of aliphatic hydroxyl groups excluding tert-OH is 1. The molecule has 0 spiro atoms. The number of carbonyl (C=O) groups excluding carboxylic acids is 1. The minimum Gasteiger partial charge on any atom is -0.393 e. The van der Waals surface area contributed by atoms with E-state index >= 15 is 0 Å². The molecule has 5 N–H and O–H groups in total. The zero-order valence-corrected chi connectivity index (χ0v) is 13.3. The minimum atomic E-state index is -0.545. The fourth-order valence-corrected chi connectivity index (χ4v) is 3.14. The van der Waals surface area contributed by atoms with Crippen molar-refractivity contribution in [1.82, 2.24) is 9.97 Å². The van der Waals surface area contributed by atoms with E-state index in [2.05, 4.69) is 20.6 Å². The van der Waals surface area contributed by atoms with Crippen LogP contribution in [0.4, 0.5) is 11.8 Å². The Morgan fingerprint density at radius 3 is 2.57 bits per heavy atom. The van der Waals surface area contributed by atoms with E-state index in [9.17, 15) is 9.90 Å². The number of hydrogen-bond acceptors (Lipinski definition) is 6. The van der Waals surface area contributed by atoms with Crippen LogP contribution in [0.15, 0.2) is 6.20 Å². The van der Waals surface area contributed by atoms with Crippen LogP contribution in [-0.4, -0.2) is 39.2 Å². The van der Waals surface area contributed by atoms with Crippen molar-refractivity contribution in [3.63, 3.8) is 0 Å². The summed E-state index contributed by atoms with van der Waals surface area (Å²) in [6.07, 6.45) is 9.17. The third kappa shape index (κ3) is 4.10. The maximum Gasteiger partial charge on any atom is 0.254 e. The van der Waals surface area contributed by atoms with Crippen LogP contribution in [0, 0.1) is 0 Å². The first kappa shape index (κ1) is 16.0. The van der Waals surface area contributed by atoms with E-state index in [4.69, 9.17) is 5.73 Å². The summed E-state index contributed by atoms with van der Waals surface area (Å²) < 4.78 is 0. The molecule has 23 heavy (non-hydrogen) atoms. The fourth-order valence-electron chi connectivity index (χ4n) is 3.14. The van der Waals surface area contributed by atoms with Crippen molar-refractivity contribution < 1.29 is 9.90 Å². The Balaban J connectivity index is 1.76. The van der Waals surface area contributed by atoms with Crippen LogP contribution in [-0.2, 0) is 0 Å². The number of aliphatic hydroxyl groups is 1. The van der Waals surface area contributed by atoms with Crippen LogP contribution in [0.3, 0.4) is 0 Å². The summed E-state index contributed by atoms with van der Waals surface area (Å²) in [7, 11) is 0. The smallest absolute Gasteiger partial charge is 0.254 e. The van der Waals surface area contributed by atoms with Crippen LogP contribution in [0.5, 0.6) is 0 Å². The van der Waals surface area contributed by atoms with Crippen LogP contribution < -0.4 is 16.4 Å². The SMILES string of the molecule is NC(=O)c1cnc(NC2CCC2)nc1NC1CCCC[C@H](O)C1. The van der Waals surface area contributed by atoms with E-state index in [0.717, 1.165) is 38.5 Å². The number of aromatic nitrogens is 2. The van der Waals surface area contributed by atoms with Gasteiger partial charge in [0.1, 0.15) is 5.82 Å². The summed E-state index contributed by atoms with van der Waals surface area (Å²) in [5.41, 5.74) is 5.73. The zero-order valence-electron chi connectivity index (χ0n) is 13.3. The molecule has 0 radical (unpaired) electrons. The molecule has 7 nitrogen and oxygen atoms in total. The van der Waals surface area contributed by atoms with Crippen molar-refractivity contribution in [3.05, 3.63) is 11.8 Å². The maximum absolute atomic E-state index is 11.6. The maximum atomic E-state index is 11.6. The quantitative estimate of drug-likeness (QED) is 0.614. The molecule has 0 saturated heterocycles. The highest BCUT2D eigenvalue weighted by molar-refractivity contribution is 5.97. The summed E-state index contributed by atoms with van der Waals surface area (Å²) in [5, 5.41) is 16.5. The molecule has 3 rings (SSSR count). The second-order valence-corrected chi connectivity index (χ2v) is 6.61. The highest BCUT2D eigenvalue weighted by Crippen LogP contribution is 2.25. The van der Waals surface area contributed by atoms with Crippen molar-refractivity contribution >= 4 is 17.7 Å². The molecule has 0 aliphatic heterocycles. The molecule has 2 aliphatic rings. The molecule has 1 unspecified atom stereocenters. The standard InChI is InChI=1S/C16H25N5O2/c17-14(23)13-9-18-16(20-10-5-3-6-10)21-15(13)19-11-4-1-2-7-12(22)8-11/h9-12,22H,1-8H2,(H2,17,23)(H2,18,19,20,21)/t11?,12-/m0/s1. The van der Waals surface area contributed by atoms with Crippen molar-refractivity contribution in [3.8, 4) is 0 Å². The first-order chi connectivity index (χ1) is 11.1. The van der Waals surface area contributed by atoms with Gasteiger partial charge in [-0.1, -0.05) is 12.8 Å². The van der Waals surface area contributed by atoms with E-state index in [1.54, 1.807) is 0 Å². The van der Waals surface area contributed by atoms with Crippen molar-refractivity contribution in [2.24, 2.45) is 5.73 Å². The Morgan fingerprint density at radius 1 is 1.13 bits per heavy atom. The fraction of sp³-hybridized carbons (Fsp3) is 0.688. The lowest BCUT2D eigenvalue weighted by atomic mass is 9.93. The highest BCUT2D eigenvalue weighted by Gasteiger charge is 2.23. The molecule has 1 amide bonds. The molecular weight excluding hydrogens is 294 g/mol. The summed E-state index contributed by atoms with van der Waals surface area (Å²) >= 11 is 0. The Morgan fingerprint density at radius 2 is 1.87 bits per heavy atom. The van der Waals surface area contributed by atoms with Crippen molar-refractivity contribution in [1.29, 1.82) is 0 Å². The van der Waals surface area contributed by atoms with Gasteiger partial charge in [0.2, 0.25) is 5.95 Å².